The van der Waals surface area contributed by atoms with Crippen LogP contribution in [-0.2, 0) is 20.0 Å². The molecule has 6 nitrogen and oxygen atoms in total. The molecule has 8 heteroatoms. The van der Waals surface area contributed by atoms with Crippen molar-refractivity contribution in [3.05, 3.63) is 48.5 Å². The Balaban J connectivity index is 1.56. The van der Waals surface area contributed by atoms with E-state index in [-0.39, 0.29) is 24.2 Å². The molecule has 2 aliphatic heterocycles. The van der Waals surface area contributed by atoms with E-state index >= 15 is 0 Å². The summed E-state index contributed by atoms with van der Waals surface area (Å²) in [6.07, 6.45) is 5.62. The second-order valence-electron chi connectivity index (χ2n) is 9.98. The average Bonchev–Trinajstić information content (AvgIpc) is 2.79. The lowest BCUT2D eigenvalue weighted by Gasteiger charge is -2.37. The van der Waals surface area contributed by atoms with Gasteiger partial charge in [0.05, 0.1) is 9.79 Å². The number of benzene rings is 2. The van der Waals surface area contributed by atoms with Crippen LogP contribution in [-0.4, -0.2) is 49.6 Å². The highest BCUT2D eigenvalue weighted by Gasteiger charge is 2.36. The zero-order valence-electron chi connectivity index (χ0n) is 20.5. The third kappa shape index (κ3) is 4.70. The normalized spacial score (nSPS) is 27.5. The molecule has 0 unspecified atom stereocenters. The van der Waals surface area contributed by atoms with Gasteiger partial charge in [-0.2, -0.15) is 8.61 Å². The monoisotopic (exact) mass is 504 g/mol. The summed E-state index contributed by atoms with van der Waals surface area (Å²) in [5.41, 5.74) is 1.70. The molecule has 186 valence electrons. The molecule has 2 aliphatic rings. The average molecular weight is 505 g/mol. The van der Waals surface area contributed by atoms with Crippen LogP contribution in [0.3, 0.4) is 0 Å². The lowest BCUT2D eigenvalue weighted by molar-refractivity contribution is 0.204. The molecule has 2 heterocycles. The Labute approximate surface area is 205 Å². The van der Waals surface area contributed by atoms with Gasteiger partial charge in [-0.05, 0) is 88.8 Å². The number of sulfonamides is 2. The van der Waals surface area contributed by atoms with Crippen LogP contribution in [0.25, 0.3) is 11.1 Å². The van der Waals surface area contributed by atoms with E-state index in [2.05, 4.69) is 0 Å². The fourth-order valence-electron chi connectivity index (χ4n) is 5.62. The number of piperidine rings is 2. The smallest absolute Gasteiger partial charge is 0.207 e. The Morgan fingerprint density at radius 3 is 1.06 bits per heavy atom. The maximum atomic E-state index is 13.3. The number of hydrogen-bond acceptors (Lipinski definition) is 4. The van der Waals surface area contributed by atoms with Crippen LogP contribution in [0.1, 0.15) is 66.2 Å². The summed E-state index contributed by atoms with van der Waals surface area (Å²) >= 11 is 0. The summed E-state index contributed by atoms with van der Waals surface area (Å²) in [4.78, 5) is 0.591. The molecule has 0 saturated carbocycles. The van der Waals surface area contributed by atoms with Gasteiger partial charge in [0.15, 0.2) is 0 Å². The van der Waals surface area contributed by atoms with Gasteiger partial charge in [-0.1, -0.05) is 37.1 Å². The quantitative estimate of drug-likeness (QED) is 0.557. The molecule has 2 aromatic rings. The minimum atomic E-state index is -3.56. The lowest BCUT2D eigenvalue weighted by Crippen LogP contribution is -2.47. The summed E-state index contributed by atoms with van der Waals surface area (Å²) in [5.74, 6) is 0. The van der Waals surface area contributed by atoms with E-state index in [9.17, 15) is 16.8 Å². The molecule has 2 saturated heterocycles. The Bertz CT molecular complexity index is 1090. The van der Waals surface area contributed by atoms with E-state index in [1.807, 2.05) is 27.7 Å². The Kier molecular flexibility index (Phi) is 7.25. The van der Waals surface area contributed by atoms with E-state index in [0.717, 1.165) is 49.7 Å². The Morgan fingerprint density at radius 2 is 0.794 bits per heavy atom. The van der Waals surface area contributed by atoms with Crippen LogP contribution in [0.5, 0.6) is 0 Å². The highest BCUT2D eigenvalue weighted by Crippen LogP contribution is 2.32. The first-order valence-electron chi connectivity index (χ1n) is 12.3. The third-order valence-electron chi connectivity index (χ3n) is 7.42. The summed E-state index contributed by atoms with van der Waals surface area (Å²) in [6.45, 7) is 7.90. The van der Waals surface area contributed by atoms with Crippen molar-refractivity contribution in [1.29, 1.82) is 0 Å². The van der Waals surface area contributed by atoms with Crippen molar-refractivity contribution in [1.82, 2.24) is 8.61 Å². The van der Waals surface area contributed by atoms with Gasteiger partial charge < -0.3 is 0 Å². The largest absolute Gasteiger partial charge is 0.243 e. The molecular weight excluding hydrogens is 468 g/mol. The maximum Gasteiger partial charge on any atom is 0.243 e. The molecule has 0 spiro atoms. The minimum absolute atomic E-state index is 0.00624. The highest BCUT2D eigenvalue weighted by atomic mass is 32.2. The van der Waals surface area contributed by atoms with Gasteiger partial charge in [0.25, 0.3) is 0 Å². The van der Waals surface area contributed by atoms with Crippen LogP contribution in [0, 0.1) is 0 Å². The zero-order valence-corrected chi connectivity index (χ0v) is 22.1. The highest BCUT2D eigenvalue weighted by molar-refractivity contribution is 7.89. The van der Waals surface area contributed by atoms with Crippen LogP contribution < -0.4 is 0 Å². The van der Waals surface area contributed by atoms with Gasteiger partial charge in [0.2, 0.25) is 20.0 Å². The van der Waals surface area contributed by atoms with E-state index in [1.165, 1.54) is 0 Å². The number of rotatable bonds is 5. The maximum absolute atomic E-state index is 13.3. The van der Waals surface area contributed by atoms with Crippen molar-refractivity contribution in [3.8, 4) is 11.1 Å². The molecule has 0 radical (unpaired) electrons. The van der Waals surface area contributed by atoms with Crippen molar-refractivity contribution in [2.24, 2.45) is 0 Å². The second kappa shape index (κ2) is 9.72. The molecule has 0 aliphatic carbocycles. The predicted octanol–water partition coefficient (Wildman–Crippen LogP) is 5.26. The van der Waals surface area contributed by atoms with Crippen LogP contribution in [0.15, 0.2) is 58.3 Å². The first kappa shape index (κ1) is 25.4. The standard InChI is InChI=1S/C26H36N2O4S2/c1-19-7-5-8-20(2)27(19)33(29,30)25-15-11-23(12-16-25)24-13-17-26(18-14-24)34(31,32)28-21(3)9-6-10-22(28)4/h11-22H,5-10H2,1-4H3/t19-,20-,21-,22+/m0/s1. The summed E-state index contributed by atoms with van der Waals surface area (Å²) in [7, 11) is -7.12. The van der Waals surface area contributed by atoms with Crippen LogP contribution in [0.4, 0.5) is 0 Å². The van der Waals surface area contributed by atoms with Crippen molar-refractivity contribution >= 4 is 20.0 Å². The van der Waals surface area contributed by atoms with Crippen molar-refractivity contribution in [2.45, 2.75) is 100 Å². The third-order valence-corrected chi connectivity index (χ3v) is 11.7. The fraction of sp³-hybridized carbons (Fsp3) is 0.538. The molecule has 0 bridgehead atoms. The Hall–Kier alpha value is -1.74. The predicted molar refractivity (Wildman–Crippen MR) is 135 cm³/mol. The van der Waals surface area contributed by atoms with Crippen molar-refractivity contribution < 1.29 is 16.8 Å². The molecule has 2 fully saturated rings. The van der Waals surface area contributed by atoms with Crippen molar-refractivity contribution in [3.63, 3.8) is 0 Å². The van der Waals surface area contributed by atoms with Gasteiger partial charge in [0.1, 0.15) is 0 Å². The topological polar surface area (TPSA) is 74.8 Å². The van der Waals surface area contributed by atoms with E-state index in [4.69, 9.17) is 0 Å². The van der Waals surface area contributed by atoms with Crippen molar-refractivity contribution in [2.75, 3.05) is 0 Å². The van der Waals surface area contributed by atoms with Crippen LogP contribution >= 0.6 is 0 Å². The first-order chi connectivity index (χ1) is 16.0. The van der Waals surface area contributed by atoms with Gasteiger partial charge >= 0.3 is 0 Å². The summed E-state index contributed by atoms with van der Waals surface area (Å²) < 4.78 is 56.4. The van der Waals surface area contributed by atoms with Gasteiger partial charge in [-0.3, -0.25) is 0 Å². The van der Waals surface area contributed by atoms with Gasteiger partial charge in [-0.25, -0.2) is 16.8 Å². The van der Waals surface area contributed by atoms with E-state index in [0.29, 0.717) is 9.79 Å². The molecule has 4 rings (SSSR count). The zero-order chi connectivity index (χ0) is 24.7. The summed E-state index contributed by atoms with van der Waals surface area (Å²) in [6, 6.07) is 13.8. The van der Waals surface area contributed by atoms with E-state index in [1.54, 1.807) is 57.1 Å². The molecule has 0 aromatic heterocycles. The minimum Gasteiger partial charge on any atom is -0.207 e. The molecule has 0 amide bonds. The number of hydrogen-bond donors (Lipinski definition) is 0. The molecular formula is C26H36N2O4S2. The SMILES string of the molecule is C[C@@H]1CCC[C@H](C)N1S(=O)(=O)c1ccc(-c2ccc(S(=O)(=O)N3[C@@H](C)CCC[C@@H]3C)cc2)cc1. The fourth-order valence-corrected chi connectivity index (χ4v) is 9.39. The molecule has 2 aromatic carbocycles. The number of nitrogens with zero attached hydrogens (tertiary/aromatic N) is 2. The lowest BCUT2D eigenvalue weighted by atomic mass is 10.0. The summed E-state index contributed by atoms with van der Waals surface area (Å²) in [5, 5.41) is 0. The van der Waals surface area contributed by atoms with Gasteiger partial charge in [0, 0.05) is 24.2 Å². The molecule has 34 heavy (non-hydrogen) atoms. The second-order valence-corrected chi connectivity index (χ2v) is 13.7. The first-order valence-corrected chi connectivity index (χ1v) is 15.2. The van der Waals surface area contributed by atoms with Gasteiger partial charge in [-0.15, -0.1) is 0 Å². The van der Waals surface area contributed by atoms with Crippen LogP contribution in [0.2, 0.25) is 0 Å². The Morgan fingerprint density at radius 1 is 0.529 bits per heavy atom. The molecule has 4 atom stereocenters. The molecule has 0 N–H and O–H groups in total. The van der Waals surface area contributed by atoms with E-state index < -0.39 is 20.0 Å².